The highest BCUT2D eigenvalue weighted by atomic mass is 127. The van der Waals surface area contributed by atoms with Crippen LogP contribution in [0.2, 0.25) is 0 Å². The van der Waals surface area contributed by atoms with Crippen molar-refractivity contribution < 1.29 is 28.8 Å². The number of rotatable bonds is 2. The molecule has 3 nitrogen and oxygen atoms in total. The van der Waals surface area contributed by atoms with Gasteiger partial charge in [-0.1, -0.05) is 60.7 Å². The minimum absolute atomic E-state index is 0. The second kappa shape index (κ2) is 6.56. The van der Waals surface area contributed by atoms with Crippen LogP contribution < -0.4 is 28.8 Å². The summed E-state index contributed by atoms with van der Waals surface area (Å²) in [6.07, 6.45) is 0. The lowest BCUT2D eigenvalue weighted by Gasteiger charge is -2.01. The highest BCUT2D eigenvalue weighted by Gasteiger charge is 2.11. The van der Waals surface area contributed by atoms with Crippen LogP contribution in [0, 0.1) is 0 Å². The van der Waals surface area contributed by atoms with Gasteiger partial charge in [0, 0.05) is 32.2 Å². The van der Waals surface area contributed by atoms with Crippen molar-refractivity contribution in [1.82, 2.24) is 10.2 Å². The average molecular weight is 375 g/mol. The lowest BCUT2D eigenvalue weighted by Crippen LogP contribution is -3.00. The van der Waals surface area contributed by atoms with Gasteiger partial charge in [0.1, 0.15) is 11.4 Å². The van der Waals surface area contributed by atoms with Gasteiger partial charge in [0.15, 0.2) is 7.05 Å². The summed E-state index contributed by atoms with van der Waals surface area (Å²) in [6, 6.07) is 22.3. The Bertz CT molecular complexity index is 627. The highest BCUT2D eigenvalue weighted by Crippen LogP contribution is 2.20. The van der Waals surface area contributed by atoms with Crippen LogP contribution in [0.25, 0.3) is 22.5 Å². The molecule has 0 aliphatic heterocycles. The summed E-state index contributed by atoms with van der Waals surface area (Å²) in [4.78, 5) is 1.62. The van der Waals surface area contributed by atoms with Gasteiger partial charge in [-0.25, -0.2) is 0 Å². The SMILES string of the molecule is C[n+]1nc(-c2ccccc2)cc(-c2ccccc2)n1.[I-]. The first kappa shape index (κ1) is 14.6. The summed E-state index contributed by atoms with van der Waals surface area (Å²) in [6.45, 7) is 0. The highest BCUT2D eigenvalue weighted by molar-refractivity contribution is 5.66. The summed E-state index contributed by atoms with van der Waals surface area (Å²) >= 11 is 0. The summed E-state index contributed by atoms with van der Waals surface area (Å²) in [5.74, 6) is 0. The van der Waals surface area contributed by atoms with Gasteiger partial charge in [0.05, 0.1) is 0 Å². The first-order valence-electron chi connectivity index (χ1n) is 6.19. The molecule has 0 fully saturated rings. The maximum Gasteiger partial charge on any atom is 0.193 e. The molecule has 0 aliphatic carbocycles. The number of hydrogen-bond acceptors (Lipinski definition) is 2. The summed E-state index contributed by atoms with van der Waals surface area (Å²) in [5, 5.41) is 8.87. The average Bonchev–Trinajstić information content (AvgIpc) is 2.48. The molecule has 0 unspecified atom stereocenters. The van der Waals surface area contributed by atoms with Crippen LogP contribution in [0.4, 0.5) is 0 Å². The number of hydrogen-bond donors (Lipinski definition) is 0. The van der Waals surface area contributed by atoms with Crippen LogP contribution in [-0.2, 0) is 7.05 Å². The molecule has 3 rings (SSSR count). The normalized spacial score (nSPS) is 9.85. The van der Waals surface area contributed by atoms with Crippen LogP contribution in [0.15, 0.2) is 66.7 Å². The van der Waals surface area contributed by atoms with E-state index < -0.39 is 0 Å². The van der Waals surface area contributed by atoms with Gasteiger partial charge in [0.25, 0.3) is 0 Å². The van der Waals surface area contributed by atoms with Gasteiger partial charge in [-0.3, -0.25) is 0 Å². The Labute approximate surface area is 135 Å². The topological polar surface area (TPSA) is 29.7 Å². The van der Waals surface area contributed by atoms with Crippen molar-refractivity contribution >= 4 is 0 Å². The van der Waals surface area contributed by atoms with Crippen LogP contribution in [-0.4, -0.2) is 10.2 Å². The van der Waals surface area contributed by atoms with E-state index >= 15 is 0 Å². The zero-order valence-electron chi connectivity index (χ0n) is 11.1. The second-order valence-electron chi connectivity index (χ2n) is 4.34. The van der Waals surface area contributed by atoms with Crippen molar-refractivity contribution in [3.8, 4) is 22.5 Å². The van der Waals surface area contributed by atoms with Gasteiger partial charge in [-0.05, 0) is 0 Å². The monoisotopic (exact) mass is 375 g/mol. The molecule has 4 heteroatoms. The summed E-state index contributed by atoms with van der Waals surface area (Å²) in [5.41, 5.74) is 4.05. The van der Waals surface area contributed by atoms with Gasteiger partial charge >= 0.3 is 0 Å². The maximum atomic E-state index is 4.44. The van der Waals surface area contributed by atoms with E-state index in [2.05, 4.69) is 34.5 Å². The smallest absolute Gasteiger partial charge is 0.193 e. The first-order valence-corrected chi connectivity index (χ1v) is 6.19. The number of benzene rings is 2. The number of nitrogens with zero attached hydrogens (tertiary/aromatic N) is 3. The fraction of sp³-hybridized carbons (Fsp3) is 0.0625. The van der Waals surface area contributed by atoms with E-state index in [1.165, 1.54) is 0 Å². The molecular weight excluding hydrogens is 361 g/mol. The zero-order chi connectivity index (χ0) is 13.1. The van der Waals surface area contributed by atoms with E-state index in [0.29, 0.717) is 0 Å². The minimum Gasteiger partial charge on any atom is -1.00 e. The molecule has 2 aromatic carbocycles. The molecular formula is C16H14IN3. The van der Waals surface area contributed by atoms with Crippen molar-refractivity contribution in [3.05, 3.63) is 66.7 Å². The van der Waals surface area contributed by atoms with E-state index in [-0.39, 0.29) is 24.0 Å². The lowest BCUT2D eigenvalue weighted by atomic mass is 10.1. The largest absolute Gasteiger partial charge is 1.00 e. The third kappa shape index (κ3) is 3.19. The van der Waals surface area contributed by atoms with Crippen LogP contribution in [0.3, 0.4) is 0 Å². The Balaban J connectivity index is 0.00000147. The van der Waals surface area contributed by atoms with E-state index in [1.54, 1.807) is 4.80 Å². The second-order valence-corrected chi connectivity index (χ2v) is 4.34. The molecule has 0 saturated heterocycles. The Kier molecular flexibility index (Phi) is 4.79. The van der Waals surface area contributed by atoms with Gasteiger partial charge in [-0.2, -0.15) is 0 Å². The van der Waals surface area contributed by atoms with Gasteiger partial charge in [-0.15, -0.1) is 0 Å². The molecule has 0 amide bonds. The number of aromatic nitrogens is 3. The number of aryl methyl sites for hydroxylation is 1. The van der Waals surface area contributed by atoms with Crippen molar-refractivity contribution in [2.75, 3.05) is 0 Å². The first-order chi connectivity index (χ1) is 9.33. The third-order valence-corrected chi connectivity index (χ3v) is 2.92. The van der Waals surface area contributed by atoms with Crippen molar-refractivity contribution in [2.24, 2.45) is 7.05 Å². The lowest BCUT2D eigenvalue weighted by molar-refractivity contribution is -0.784. The molecule has 0 spiro atoms. The molecule has 0 N–H and O–H groups in total. The minimum atomic E-state index is 0. The van der Waals surface area contributed by atoms with Gasteiger partial charge in [0.2, 0.25) is 0 Å². The molecule has 0 atom stereocenters. The predicted octanol–water partition coefficient (Wildman–Crippen LogP) is -0.361. The quantitative estimate of drug-likeness (QED) is 0.453. The molecule has 20 heavy (non-hydrogen) atoms. The Hall–Kier alpha value is -1.82. The molecule has 0 saturated carbocycles. The Morgan fingerprint density at radius 2 is 1.10 bits per heavy atom. The molecule has 100 valence electrons. The molecule has 0 radical (unpaired) electrons. The van der Waals surface area contributed by atoms with Crippen molar-refractivity contribution in [2.45, 2.75) is 0 Å². The third-order valence-electron chi connectivity index (χ3n) is 2.92. The molecule has 0 aliphatic rings. The van der Waals surface area contributed by atoms with Crippen LogP contribution >= 0.6 is 0 Å². The predicted molar refractivity (Wildman–Crippen MR) is 74.1 cm³/mol. The Morgan fingerprint density at radius 1 is 0.700 bits per heavy atom. The van der Waals surface area contributed by atoms with E-state index in [1.807, 2.05) is 49.5 Å². The van der Waals surface area contributed by atoms with Crippen molar-refractivity contribution in [1.29, 1.82) is 0 Å². The molecule has 0 bridgehead atoms. The van der Waals surface area contributed by atoms with Crippen LogP contribution in [0.5, 0.6) is 0 Å². The molecule has 1 aromatic heterocycles. The molecule has 3 aromatic rings. The van der Waals surface area contributed by atoms with E-state index in [9.17, 15) is 0 Å². The Morgan fingerprint density at radius 3 is 1.50 bits per heavy atom. The molecule has 1 heterocycles. The fourth-order valence-corrected chi connectivity index (χ4v) is 2.02. The van der Waals surface area contributed by atoms with E-state index in [4.69, 9.17) is 0 Å². The zero-order valence-corrected chi connectivity index (χ0v) is 13.2. The van der Waals surface area contributed by atoms with Gasteiger partial charge < -0.3 is 24.0 Å². The number of halogens is 1. The van der Waals surface area contributed by atoms with E-state index in [0.717, 1.165) is 22.5 Å². The van der Waals surface area contributed by atoms with Crippen LogP contribution in [0.1, 0.15) is 0 Å². The summed E-state index contributed by atoms with van der Waals surface area (Å²) < 4.78 is 0. The summed E-state index contributed by atoms with van der Waals surface area (Å²) in [7, 11) is 1.85. The fourth-order valence-electron chi connectivity index (χ4n) is 2.02. The maximum absolute atomic E-state index is 4.44. The van der Waals surface area contributed by atoms with Crippen molar-refractivity contribution in [3.63, 3.8) is 0 Å². The standard InChI is InChI=1S/C16H14N3.HI/c1-19-17-15(13-8-4-2-5-9-13)12-16(18-19)14-10-6-3-7-11-14;/h2-12H,1H3;1H/q+1;/p-1.